The van der Waals surface area contributed by atoms with E-state index in [1.54, 1.807) is 18.2 Å². The Hall–Kier alpha value is -3.07. The monoisotopic (exact) mass is 343 g/mol. The molecule has 0 aliphatic carbocycles. The maximum absolute atomic E-state index is 13.5. The molecule has 0 saturated heterocycles. The van der Waals surface area contributed by atoms with Gasteiger partial charge in [0.25, 0.3) is 0 Å². The summed E-state index contributed by atoms with van der Waals surface area (Å²) in [6.45, 7) is 3.25. The molecule has 0 aliphatic rings. The largest absolute Gasteiger partial charge is 0.618 e. The summed E-state index contributed by atoms with van der Waals surface area (Å²) in [4.78, 5) is 8.56. The molecule has 25 heavy (non-hydrogen) atoms. The third-order valence-electron chi connectivity index (χ3n) is 4.18. The van der Waals surface area contributed by atoms with Gasteiger partial charge in [0.1, 0.15) is 28.9 Å². The van der Waals surface area contributed by atoms with Crippen LogP contribution in [0.1, 0.15) is 24.4 Å². The smallest absolute Gasteiger partial charge is 0.244 e. The van der Waals surface area contributed by atoms with Crippen LogP contribution in [-0.2, 0) is 0 Å². The first-order valence-corrected chi connectivity index (χ1v) is 7.64. The summed E-state index contributed by atoms with van der Waals surface area (Å²) in [6.07, 6.45) is 1.53. The fourth-order valence-electron chi connectivity index (χ4n) is 2.79. The number of nitrogens with zero attached hydrogens (tertiary/aromatic N) is 5. The van der Waals surface area contributed by atoms with Gasteiger partial charge in [-0.1, -0.05) is 12.1 Å². The number of benzene rings is 1. The van der Waals surface area contributed by atoms with Gasteiger partial charge >= 0.3 is 0 Å². The maximum atomic E-state index is 13.5. The highest BCUT2D eigenvalue weighted by molar-refractivity contribution is 5.82. The number of imidazole rings is 1. The number of fused-ring (bicyclic) bond motifs is 3. The Kier molecular flexibility index (Phi) is 3.39. The first-order valence-electron chi connectivity index (χ1n) is 7.64. The van der Waals surface area contributed by atoms with Crippen LogP contribution >= 0.6 is 0 Å². The van der Waals surface area contributed by atoms with E-state index in [4.69, 9.17) is 4.52 Å². The quantitative estimate of drug-likeness (QED) is 0.449. The van der Waals surface area contributed by atoms with Crippen molar-refractivity contribution in [3.63, 3.8) is 0 Å². The zero-order valence-electron chi connectivity index (χ0n) is 13.5. The summed E-state index contributed by atoms with van der Waals surface area (Å²) in [5.74, 6) is -0.280. The number of aryl methyl sites for hydroxylation is 1. The zero-order chi connectivity index (χ0) is 17.7. The molecule has 9 heteroatoms. The van der Waals surface area contributed by atoms with E-state index in [1.807, 2.05) is 0 Å². The minimum Gasteiger partial charge on any atom is -0.618 e. The molecule has 4 rings (SSSR count). The van der Waals surface area contributed by atoms with Crippen molar-refractivity contribution in [1.29, 1.82) is 0 Å². The molecule has 3 heterocycles. The number of aliphatic hydroxyl groups excluding tert-OH is 1. The van der Waals surface area contributed by atoms with E-state index in [0.29, 0.717) is 27.2 Å². The third kappa shape index (κ3) is 2.23. The number of hydrogen-bond acceptors (Lipinski definition) is 6. The van der Waals surface area contributed by atoms with Crippen molar-refractivity contribution in [3.8, 4) is 11.5 Å². The van der Waals surface area contributed by atoms with Gasteiger partial charge < -0.3 is 14.8 Å². The van der Waals surface area contributed by atoms with Crippen LogP contribution in [0.4, 0.5) is 4.39 Å². The van der Waals surface area contributed by atoms with Crippen molar-refractivity contribution >= 4 is 16.6 Å². The van der Waals surface area contributed by atoms with Crippen LogP contribution < -0.4 is 4.73 Å². The molecule has 8 nitrogen and oxygen atoms in total. The highest BCUT2D eigenvalue weighted by Gasteiger charge is 2.24. The van der Waals surface area contributed by atoms with Crippen LogP contribution in [-0.4, -0.2) is 31.2 Å². The third-order valence-corrected chi connectivity index (χ3v) is 4.18. The molecule has 128 valence electrons. The molecule has 1 aromatic carbocycles. The van der Waals surface area contributed by atoms with Crippen LogP contribution in [0.2, 0.25) is 0 Å². The molecule has 0 bridgehead atoms. The molecule has 4 aromatic rings. The van der Waals surface area contributed by atoms with Crippen LogP contribution in [0.3, 0.4) is 0 Å². The number of rotatable bonds is 3. The molecular formula is C16H14FN5O3. The number of aromatic nitrogens is 5. The van der Waals surface area contributed by atoms with Crippen LogP contribution in [0, 0.1) is 17.9 Å². The van der Waals surface area contributed by atoms with Gasteiger partial charge in [-0.15, -0.1) is 0 Å². The molecule has 1 N–H and O–H groups in total. The average Bonchev–Trinajstić information content (AvgIpc) is 3.25. The lowest BCUT2D eigenvalue weighted by molar-refractivity contribution is -0.583. The fourth-order valence-corrected chi connectivity index (χ4v) is 2.79. The average molecular weight is 343 g/mol. The van der Waals surface area contributed by atoms with Gasteiger partial charge in [-0.05, 0) is 12.1 Å². The second kappa shape index (κ2) is 5.49. The van der Waals surface area contributed by atoms with E-state index in [2.05, 4.69) is 15.1 Å². The van der Waals surface area contributed by atoms with Crippen molar-refractivity contribution in [2.45, 2.75) is 19.8 Å². The highest BCUT2D eigenvalue weighted by atomic mass is 19.1. The van der Waals surface area contributed by atoms with E-state index in [9.17, 15) is 14.7 Å². The summed E-state index contributed by atoms with van der Waals surface area (Å²) in [6, 6.07) is 3.99. The van der Waals surface area contributed by atoms with Crippen LogP contribution in [0.25, 0.3) is 28.1 Å². The standard InChI is InChI=1S/C16H14FN5O3/c1-8(6-23)16-19-15(20-25-16)13-14-9(2)22(24)12-5-10(17)3-4-11(12)21(14)7-18-13/h3-5,7-8,23H,6H2,1-2H3. The lowest BCUT2D eigenvalue weighted by Gasteiger charge is -2.08. The highest BCUT2D eigenvalue weighted by Crippen LogP contribution is 2.26. The summed E-state index contributed by atoms with van der Waals surface area (Å²) in [5.41, 5.74) is 1.96. The molecule has 0 saturated carbocycles. The second-order valence-electron chi connectivity index (χ2n) is 5.86. The van der Waals surface area contributed by atoms with E-state index >= 15 is 0 Å². The second-order valence-corrected chi connectivity index (χ2v) is 5.86. The summed E-state index contributed by atoms with van der Waals surface area (Å²) in [7, 11) is 0. The Morgan fingerprint density at radius 1 is 1.44 bits per heavy atom. The number of aliphatic hydroxyl groups is 1. The number of halogens is 1. The van der Waals surface area contributed by atoms with Crippen molar-refractivity contribution in [1.82, 2.24) is 19.5 Å². The Labute approximate surface area is 140 Å². The van der Waals surface area contributed by atoms with Gasteiger partial charge in [0.15, 0.2) is 0 Å². The minimum atomic E-state index is -0.489. The van der Waals surface area contributed by atoms with Crippen molar-refractivity contribution in [3.05, 3.63) is 47.1 Å². The topological polar surface area (TPSA) is 103 Å². The summed E-state index contributed by atoms with van der Waals surface area (Å²) >= 11 is 0. The Balaban J connectivity index is 1.99. The van der Waals surface area contributed by atoms with E-state index in [1.165, 1.54) is 24.5 Å². The molecule has 1 atom stereocenters. The normalized spacial score (nSPS) is 13.0. The van der Waals surface area contributed by atoms with Crippen molar-refractivity contribution in [2.24, 2.45) is 0 Å². The maximum Gasteiger partial charge on any atom is 0.244 e. The SMILES string of the molecule is Cc1c2c(-c3noc(C(C)CO)n3)ncn2c2ccc(F)cc2[n+]1[O-]. The lowest BCUT2D eigenvalue weighted by atomic mass is 10.2. The zero-order valence-corrected chi connectivity index (χ0v) is 13.5. The summed E-state index contributed by atoms with van der Waals surface area (Å²) < 4.78 is 21.0. The van der Waals surface area contributed by atoms with Crippen LogP contribution in [0.5, 0.6) is 0 Å². The molecule has 1 unspecified atom stereocenters. The molecule has 0 fully saturated rings. The Morgan fingerprint density at radius 3 is 3.00 bits per heavy atom. The van der Waals surface area contributed by atoms with Gasteiger partial charge in [0.05, 0.1) is 12.5 Å². The Bertz CT molecular complexity index is 1100. The van der Waals surface area contributed by atoms with E-state index < -0.39 is 5.82 Å². The van der Waals surface area contributed by atoms with E-state index in [-0.39, 0.29) is 29.8 Å². The molecule has 0 spiro atoms. The van der Waals surface area contributed by atoms with Gasteiger partial charge in [-0.3, -0.25) is 4.40 Å². The van der Waals surface area contributed by atoms with Gasteiger partial charge in [-0.2, -0.15) is 9.71 Å². The summed E-state index contributed by atoms with van der Waals surface area (Å²) in [5, 5.41) is 25.6. The lowest BCUT2D eigenvalue weighted by Crippen LogP contribution is -2.32. The fraction of sp³-hybridized carbons (Fsp3) is 0.250. The molecule has 0 radical (unpaired) electrons. The van der Waals surface area contributed by atoms with Crippen LogP contribution in [0.15, 0.2) is 29.0 Å². The molecule has 3 aromatic heterocycles. The molecule has 0 amide bonds. The predicted octanol–water partition coefficient (Wildman–Crippen LogP) is 1.71. The first-order chi connectivity index (χ1) is 12.0. The first kappa shape index (κ1) is 15.5. The molecular weight excluding hydrogens is 329 g/mol. The number of hydrogen-bond donors (Lipinski definition) is 1. The van der Waals surface area contributed by atoms with Crippen molar-refractivity contribution < 1.29 is 18.8 Å². The van der Waals surface area contributed by atoms with E-state index in [0.717, 1.165) is 0 Å². The van der Waals surface area contributed by atoms with Crippen molar-refractivity contribution in [2.75, 3.05) is 6.61 Å². The minimum absolute atomic E-state index is 0.124. The van der Waals surface area contributed by atoms with Gasteiger partial charge in [0.2, 0.25) is 22.9 Å². The van der Waals surface area contributed by atoms with Gasteiger partial charge in [0, 0.05) is 13.0 Å². The van der Waals surface area contributed by atoms with Gasteiger partial charge in [-0.25, -0.2) is 9.37 Å². The Morgan fingerprint density at radius 2 is 2.24 bits per heavy atom. The predicted molar refractivity (Wildman–Crippen MR) is 85.1 cm³/mol. The molecule has 0 aliphatic heterocycles.